The number of hydrogen-bond acceptors (Lipinski definition) is 2. The molecule has 0 saturated heterocycles. The Balaban J connectivity index is 2.11. The van der Waals surface area contributed by atoms with Gasteiger partial charge in [0.2, 0.25) is 5.95 Å². The molecule has 3 nitrogen and oxygen atoms in total. The van der Waals surface area contributed by atoms with Crippen LogP contribution in [0.1, 0.15) is 37.9 Å². The highest BCUT2D eigenvalue weighted by molar-refractivity contribution is 5.54. The van der Waals surface area contributed by atoms with Crippen LogP contribution in [0, 0.1) is 6.92 Å². The fraction of sp³-hybridized carbons (Fsp3) is 0.438. The maximum absolute atomic E-state index is 4.54. The van der Waals surface area contributed by atoms with Crippen molar-refractivity contribution in [2.75, 3.05) is 5.32 Å². The highest BCUT2D eigenvalue weighted by atomic mass is 15.2. The summed E-state index contributed by atoms with van der Waals surface area (Å²) in [6.45, 7) is 7.41. The lowest BCUT2D eigenvalue weighted by molar-refractivity contribution is 0.686. The van der Waals surface area contributed by atoms with E-state index in [1.807, 2.05) is 6.92 Å². The van der Waals surface area contributed by atoms with E-state index in [2.05, 4.69) is 59.2 Å². The van der Waals surface area contributed by atoms with Gasteiger partial charge in [0.15, 0.2) is 0 Å². The zero-order chi connectivity index (χ0) is 13.7. The molecule has 1 N–H and O–H groups in total. The molecule has 0 aliphatic rings. The number of benzene rings is 1. The molecule has 0 amide bonds. The molecule has 1 aromatic heterocycles. The fourth-order valence-corrected chi connectivity index (χ4v) is 2.23. The van der Waals surface area contributed by atoms with Crippen LogP contribution in [0.15, 0.2) is 30.5 Å². The molecule has 0 spiro atoms. The first-order valence-corrected chi connectivity index (χ1v) is 7.12. The molecule has 0 atom stereocenters. The van der Waals surface area contributed by atoms with E-state index >= 15 is 0 Å². The van der Waals surface area contributed by atoms with E-state index in [0.29, 0.717) is 0 Å². The molecule has 0 unspecified atom stereocenters. The molecule has 0 radical (unpaired) electrons. The van der Waals surface area contributed by atoms with Crippen LogP contribution in [-0.4, -0.2) is 9.55 Å². The maximum atomic E-state index is 4.54. The standard InChI is InChI=1S/C16H23N3/c1-4-6-14-7-9-15(10-8-14)18-16-17-13(3)12-19(16)11-5-2/h7-10,12H,4-6,11H2,1-3H3,(H,17,18). The molecule has 0 aliphatic heterocycles. The quantitative estimate of drug-likeness (QED) is 0.836. The number of hydrogen-bond donors (Lipinski definition) is 1. The zero-order valence-electron chi connectivity index (χ0n) is 12.1. The molecule has 2 aromatic rings. The molecule has 1 aromatic carbocycles. The average Bonchev–Trinajstić information content (AvgIpc) is 2.73. The van der Waals surface area contributed by atoms with Crippen LogP contribution in [0.25, 0.3) is 0 Å². The monoisotopic (exact) mass is 257 g/mol. The lowest BCUT2D eigenvalue weighted by atomic mass is 10.1. The van der Waals surface area contributed by atoms with Gasteiger partial charge < -0.3 is 9.88 Å². The van der Waals surface area contributed by atoms with Gasteiger partial charge in [0.1, 0.15) is 0 Å². The van der Waals surface area contributed by atoms with Gasteiger partial charge in [-0.1, -0.05) is 32.4 Å². The Bertz CT molecular complexity index is 511. The Morgan fingerprint density at radius 3 is 2.47 bits per heavy atom. The van der Waals surface area contributed by atoms with E-state index in [0.717, 1.165) is 36.7 Å². The Labute approximate surface area is 115 Å². The maximum Gasteiger partial charge on any atom is 0.207 e. The predicted octanol–water partition coefficient (Wildman–Crippen LogP) is 4.30. The van der Waals surface area contributed by atoms with E-state index < -0.39 is 0 Å². The number of nitrogens with one attached hydrogen (secondary N) is 1. The minimum atomic E-state index is 0.933. The number of nitrogens with zero attached hydrogens (tertiary/aromatic N) is 2. The van der Waals surface area contributed by atoms with Crippen LogP contribution in [0.2, 0.25) is 0 Å². The van der Waals surface area contributed by atoms with Gasteiger partial charge in [0, 0.05) is 18.4 Å². The Hall–Kier alpha value is -1.77. The SMILES string of the molecule is CCCc1ccc(Nc2nc(C)cn2CCC)cc1. The van der Waals surface area contributed by atoms with Crippen LogP contribution < -0.4 is 5.32 Å². The zero-order valence-corrected chi connectivity index (χ0v) is 12.1. The molecule has 102 valence electrons. The summed E-state index contributed by atoms with van der Waals surface area (Å²) in [5.74, 6) is 0.933. The third kappa shape index (κ3) is 3.60. The van der Waals surface area contributed by atoms with E-state index in [-0.39, 0.29) is 0 Å². The van der Waals surface area contributed by atoms with Gasteiger partial charge >= 0.3 is 0 Å². The highest BCUT2D eigenvalue weighted by Crippen LogP contribution is 2.18. The van der Waals surface area contributed by atoms with Gasteiger partial charge in [-0.15, -0.1) is 0 Å². The van der Waals surface area contributed by atoms with Crippen LogP contribution in [0.4, 0.5) is 11.6 Å². The molecular formula is C16H23N3. The van der Waals surface area contributed by atoms with Crippen molar-refractivity contribution in [3.8, 4) is 0 Å². The summed E-state index contributed by atoms with van der Waals surface area (Å²) in [7, 11) is 0. The second-order valence-corrected chi connectivity index (χ2v) is 4.97. The number of rotatable bonds is 6. The molecule has 0 aliphatic carbocycles. The van der Waals surface area contributed by atoms with E-state index in [4.69, 9.17) is 0 Å². The minimum absolute atomic E-state index is 0.933. The normalized spacial score (nSPS) is 10.7. The van der Waals surface area contributed by atoms with E-state index in [1.165, 1.54) is 12.0 Å². The van der Waals surface area contributed by atoms with Gasteiger partial charge in [-0.2, -0.15) is 0 Å². The molecule has 2 rings (SSSR count). The van der Waals surface area contributed by atoms with Crippen molar-refractivity contribution in [3.05, 3.63) is 41.7 Å². The smallest absolute Gasteiger partial charge is 0.207 e. The Morgan fingerprint density at radius 2 is 1.84 bits per heavy atom. The third-order valence-corrected chi connectivity index (χ3v) is 3.11. The second kappa shape index (κ2) is 6.41. The van der Waals surface area contributed by atoms with E-state index in [9.17, 15) is 0 Å². The van der Waals surface area contributed by atoms with E-state index in [1.54, 1.807) is 0 Å². The van der Waals surface area contributed by atoms with Crippen molar-refractivity contribution in [1.29, 1.82) is 0 Å². The largest absolute Gasteiger partial charge is 0.326 e. The Morgan fingerprint density at radius 1 is 1.11 bits per heavy atom. The number of imidazole rings is 1. The van der Waals surface area contributed by atoms with Crippen molar-refractivity contribution >= 4 is 11.6 Å². The van der Waals surface area contributed by atoms with Gasteiger partial charge in [-0.25, -0.2) is 4.98 Å². The van der Waals surface area contributed by atoms with Gasteiger partial charge in [0.25, 0.3) is 0 Å². The third-order valence-electron chi connectivity index (χ3n) is 3.11. The van der Waals surface area contributed by atoms with Gasteiger partial charge in [-0.3, -0.25) is 0 Å². The number of aromatic nitrogens is 2. The molecule has 0 fully saturated rings. The van der Waals surface area contributed by atoms with Crippen LogP contribution in [0.3, 0.4) is 0 Å². The van der Waals surface area contributed by atoms with Crippen LogP contribution >= 0.6 is 0 Å². The summed E-state index contributed by atoms with van der Waals surface area (Å²) in [4.78, 5) is 4.54. The first-order chi connectivity index (χ1) is 9.22. The number of aryl methyl sites for hydroxylation is 3. The Kier molecular flexibility index (Phi) is 4.61. The lowest BCUT2D eigenvalue weighted by Crippen LogP contribution is -2.02. The van der Waals surface area contributed by atoms with Crippen LogP contribution in [0.5, 0.6) is 0 Å². The summed E-state index contributed by atoms with van der Waals surface area (Å²) in [5, 5.41) is 3.40. The van der Waals surface area contributed by atoms with Crippen molar-refractivity contribution in [1.82, 2.24) is 9.55 Å². The molecule has 0 saturated carbocycles. The minimum Gasteiger partial charge on any atom is -0.326 e. The second-order valence-electron chi connectivity index (χ2n) is 4.97. The molecule has 3 heteroatoms. The molecular weight excluding hydrogens is 234 g/mol. The summed E-state index contributed by atoms with van der Waals surface area (Å²) < 4.78 is 2.18. The summed E-state index contributed by atoms with van der Waals surface area (Å²) in [5.41, 5.74) is 3.54. The molecule has 0 bridgehead atoms. The predicted molar refractivity (Wildman–Crippen MR) is 81.0 cm³/mol. The fourth-order valence-electron chi connectivity index (χ4n) is 2.23. The first-order valence-electron chi connectivity index (χ1n) is 7.12. The van der Waals surface area contributed by atoms with Crippen molar-refractivity contribution in [2.45, 2.75) is 46.6 Å². The topological polar surface area (TPSA) is 29.9 Å². The summed E-state index contributed by atoms with van der Waals surface area (Å²) in [6, 6.07) is 8.63. The number of anilines is 2. The average molecular weight is 257 g/mol. The lowest BCUT2D eigenvalue weighted by Gasteiger charge is -2.09. The van der Waals surface area contributed by atoms with Gasteiger partial charge in [0.05, 0.1) is 5.69 Å². The van der Waals surface area contributed by atoms with Crippen molar-refractivity contribution < 1.29 is 0 Å². The summed E-state index contributed by atoms with van der Waals surface area (Å²) >= 11 is 0. The van der Waals surface area contributed by atoms with Crippen molar-refractivity contribution in [2.24, 2.45) is 0 Å². The van der Waals surface area contributed by atoms with Crippen LogP contribution in [-0.2, 0) is 13.0 Å². The first kappa shape index (κ1) is 13.7. The molecule has 1 heterocycles. The molecule has 19 heavy (non-hydrogen) atoms. The highest BCUT2D eigenvalue weighted by Gasteiger charge is 2.05. The van der Waals surface area contributed by atoms with Gasteiger partial charge in [-0.05, 0) is 37.5 Å². The van der Waals surface area contributed by atoms with Crippen molar-refractivity contribution in [3.63, 3.8) is 0 Å². The summed E-state index contributed by atoms with van der Waals surface area (Å²) in [6.07, 6.45) is 5.54.